The molecule has 0 saturated carbocycles. The highest BCUT2D eigenvalue weighted by molar-refractivity contribution is 7.92. The van der Waals surface area contributed by atoms with Crippen LogP contribution >= 0.6 is 11.6 Å². The zero-order valence-corrected chi connectivity index (χ0v) is 23.1. The van der Waals surface area contributed by atoms with Crippen molar-refractivity contribution in [1.29, 1.82) is 0 Å². The Morgan fingerprint density at radius 2 is 1.73 bits per heavy atom. The summed E-state index contributed by atoms with van der Waals surface area (Å²) in [6.45, 7) is 5.60. The molecular weight excluding hydrogens is 524 g/mol. The van der Waals surface area contributed by atoms with Crippen molar-refractivity contribution in [2.24, 2.45) is 0 Å². The summed E-state index contributed by atoms with van der Waals surface area (Å²) in [6.07, 6.45) is 2.06. The number of benzene rings is 2. The maximum Gasteiger partial charge on any atom is 0.243 e. The van der Waals surface area contributed by atoms with Crippen LogP contribution in [0.2, 0.25) is 5.02 Å². The number of halogens is 3. The number of hydrogen-bond donors (Lipinski definition) is 1. The van der Waals surface area contributed by atoms with Gasteiger partial charge in [-0.15, -0.1) is 0 Å². The maximum absolute atomic E-state index is 13.7. The molecule has 11 heteroatoms. The van der Waals surface area contributed by atoms with E-state index < -0.39 is 27.7 Å². The van der Waals surface area contributed by atoms with Crippen LogP contribution in [0.25, 0.3) is 0 Å². The molecule has 0 unspecified atom stereocenters. The molecule has 0 spiro atoms. The number of carbonyl (C=O) groups excluding carboxylic acids is 2. The fourth-order valence-corrected chi connectivity index (χ4v) is 4.97. The largest absolute Gasteiger partial charge is 0.352 e. The molecule has 0 aliphatic carbocycles. The van der Waals surface area contributed by atoms with Crippen LogP contribution in [0.4, 0.5) is 14.5 Å². The highest BCUT2D eigenvalue weighted by Gasteiger charge is 2.30. The summed E-state index contributed by atoms with van der Waals surface area (Å²) < 4.78 is 52.7. The van der Waals surface area contributed by atoms with E-state index in [9.17, 15) is 26.8 Å². The Kier molecular flexibility index (Phi) is 11.3. The van der Waals surface area contributed by atoms with Gasteiger partial charge in [-0.1, -0.05) is 43.6 Å². The third-order valence-corrected chi connectivity index (χ3v) is 7.59. The topological polar surface area (TPSA) is 86.8 Å². The quantitative estimate of drug-likeness (QED) is 0.380. The average molecular weight is 558 g/mol. The van der Waals surface area contributed by atoms with Crippen molar-refractivity contribution in [3.63, 3.8) is 0 Å². The van der Waals surface area contributed by atoms with Crippen molar-refractivity contribution in [2.45, 2.75) is 65.1 Å². The monoisotopic (exact) mass is 557 g/mol. The zero-order valence-electron chi connectivity index (χ0n) is 21.5. The molecule has 2 aromatic rings. The Morgan fingerprint density at radius 1 is 1.05 bits per heavy atom. The van der Waals surface area contributed by atoms with Gasteiger partial charge in [0.15, 0.2) is 11.6 Å². The van der Waals surface area contributed by atoms with Crippen LogP contribution in [-0.4, -0.2) is 50.0 Å². The van der Waals surface area contributed by atoms with Gasteiger partial charge in [0.1, 0.15) is 6.04 Å². The van der Waals surface area contributed by atoms with E-state index >= 15 is 0 Å². The standard InChI is InChI=1S/C26H34ClF2N3O4S/c1-5-18(3)30-26(34)24(6-2)31(17-19-10-7-8-11-21(19)27)25(33)12-9-15-32(37(4,35)36)20-13-14-22(28)23(29)16-20/h7-8,10-11,13-14,16,18,24H,5-6,9,12,15,17H2,1-4H3,(H,30,34)/t18-,24-/m0/s1. The summed E-state index contributed by atoms with van der Waals surface area (Å²) >= 11 is 6.33. The summed E-state index contributed by atoms with van der Waals surface area (Å²) in [7, 11) is -3.83. The van der Waals surface area contributed by atoms with Gasteiger partial charge in [-0.2, -0.15) is 0 Å². The van der Waals surface area contributed by atoms with Gasteiger partial charge in [0, 0.05) is 36.6 Å². The minimum Gasteiger partial charge on any atom is -0.352 e. The fourth-order valence-electron chi connectivity index (χ4n) is 3.81. The maximum atomic E-state index is 13.7. The summed E-state index contributed by atoms with van der Waals surface area (Å²) in [5.41, 5.74) is 0.632. The van der Waals surface area contributed by atoms with Gasteiger partial charge < -0.3 is 10.2 Å². The molecule has 2 rings (SSSR count). The van der Waals surface area contributed by atoms with E-state index in [1.807, 2.05) is 20.8 Å². The Bertz CT molecular complexity index is 1200. The lowest BCUT2D eigenvalue weighted by atomic mass is 10.1. The summed E-state index contributed by atoms with van der Waals surface area (Å²) in [5.74, 6) is -2.91. The third-order valence-electron chi connectivity index (χ3n) is 6.03. The van der Waals surface area contributed by atoms with Crippen LogP contribution in [0.3, 0.4) is 0 Å². The van der Waals surface area contributed by atoms with E-state index in [0.29, 0.717) is 17.0 Å². The lowest BCUT2D eigenvalue weighted by Gasteiger charge is -2.32. The molecule has 204 valence electrons. The third kappa shape index (κ3) is 8.67. The van der Waals surface area contributed by atoms with Gasteiger partial charge >= 0.3 is 0 Å². The van der Waals surface area contributed by atoms with Crippen LogP contribution in [0, 0.1) is 11.6 Å². The second-order valence-electron chi connectivity index (χ2n) is 8.89. The molecule has 37 heavy (non-hydrogen) atoms. The highest BCUT2D eigenvalue weighted by atomic mass is 35.5. The zero-order chi connectivity index (χ0) is 27.8. The van der Waals surface area contributed by atoms with E-state index in [-0.39, 0.29) is 49.5 Å². The Hall–Kier alpha value is -2.72. The predicted octanol–water partition coefficient (Wildman–Crippen LogP) is 4.89. The lowest BCUT2D eigenvalue weighted by molar-refractivity contribution is -0.141. The van der Waals surface area contributed by atoms with Crippen LogP contribution in [0.15, 0.2) is 42.5 Å². The molecule has 0 bridgehead atoms. The molecule has 7 nitrogen and oxygen atoms in total. The first kappa shape index (κ1) is 30.5. The molecule has 2 aromatic carbocycles. The van der Waals surface area contributed by atoms with Crippen LogP contribution in [0.5, 0.6) is 0 Å². The van der Waals surface area contributed by atoms with Crippen molar-refractivity contribution in [2.75, 3.05) is 17.1 Å². The predicted molar refractivity (Wildman–Crippen MR) is 142 cm³/mol. The summed E-state index contributed by atoms with van der Waals surface area (Å²) in [4.78, 5) is 27.9. The van der Waals surface area contributed by atoms with Gasteiger partial charge in [-0.25, -0.2) is 17.2 Å². The molecule has 0 radical (unpaired) electrons. The number of anilines is 1. The second-order valence-corrected chi connectivity index (χ2v) is 11.2. The number of nitrogens with one attached hydrogen (secondary N) is 1. The molecule has 0 aliphatic heterocycles. The van der Waals surface area contributed by atoms with E-state index in [4.69, 9.17) is 11.6 Å². The molecule has 0 aromatic heterocycles. The molecule has 0 aliphatic rings. The van der Waals surface area contributed by atoms with Gasteiger partial charge in [-0.05, 0) is 49.9 Å². The SMILES string of the molecule is CC[C@H](C)NC(=O)[C@H](CC)N(Cc1ccccc1Cl)C(=O)CCCN(c1ccc(F)c(F)c1)S(C)(=O)=O. The highest BCUT2D eigenvalue weighted by Crippen LogP contribution is 2.23. The molecule has 0 fully saturated rings. The van der Waals surface area contributed by atoms with Gasteiger partial charge in [0.25, 0.3) is 0 Å². The molecule has 2 amide bonds. The molecule has 1 N–H and O–H groups in total. The van der Waals surface area contributed by atoms with Crippen molar-refractivity contribution in [3.05, 3.63) is 64.7 Å². The van der Waals surface area contributed by atoms with E-state index in [1.54, 1.807) is 24.3 Å². The Balaban J connectivity index is 2.25. The molecule has 0 heterocycles. The van der Waals surface area contributed by atoms with Crippen molar-refractivity contribution in [3.8, 4) is 0 Å². The fraction of sp³-hybridized carbons (Fsp3) is 0.462. The van der Waals surface area contributed by atoms with E-state index in [2.05, 4.69) is 5.32 Å². The number of rotatable bonds is 13. The minimum atomic E-state index is -3.83. The van der Waals surface area contributed by atoms with Gasteiger partial charge in [0.05, 0.1) is 11.9 Å². The average Bonchev–Trinajstić information content (AvgIpc) is 2.83. The minimum absolute atomic E-state index is 0.0406. The normalized spacial score (nSPS) is 13.1. The first-order valence-electron chi connectivity index (χ1n) is 12.1. The van der Waals surface area contributed by atoms with Crippen molar-refractivity contribution in [1.82, 2.24) is 10.2 Å². The number of amides is 2. The number of carbonyl (C=O) groups is 2. The molecular formula is C26H34ClF2N3O4S. The number of hydrogen-bond acceptors (Lipinski definition) is 4. The smallest absolute Gasteiger partial charge is 0.243 e. The lowest BCUT2D eigenvalue weighted by Crippen LogP contribution is -2.50. The van der Waals surface area contributed by atoms with Gasteiger partial charge in [-0.3, -0.25) is 13.9 Å². The Morgan fingerprint density at radius 3 is 2.30 bits per heavy atom. The van der Waals surface area contributed by atoms with Crippen LogP contribution < -0.4 is 9.62 Å². The number of sulfonamides is 1. The number of nitrogens with zero attached hydrogens (tertiary/aromatic N) is 2. The first-order valence-corrected chi connectivity index (χ1v) is 14.4. The second kappa shape index (κ2) is 13.7. The van der Waals surface area contributed by atoms with Crippen molar-refractivity contribution >= 4 is 39.1 Å². The Labute approximate surface area is 222 Å². The van der Waals surface area contributed by atoms with E-state index in [0.717, 1.165) is 35.2 Å². The molecule has 2 atom stereocenters. The van der Waals surface area contributed by atoms with Crippen LogP contribution in [-0.2, 0) is 26.2 Å². The van der Waals surface area contributed by atoms with Crippen LogP contribution in [0.1, 0.15) is 52.0 Å². The van der Waals surface area contributed by atoms with E-state index in [1.165, 1.54) is 4.90 Å². The summed E-state index contributed by atoms with van der Waals surface area (Å²) in [6, 6.07) is 9.02. The van der Waals surface area contributed by atoms with Gasteiger partial charge in [0.2, 0.25) is 21.8 Å². The molecule has 0 saturated heterocycles. The first-order chi connectivity index (χ1) is 17.4. The summed E-state index contributed by atoms with van der Waals surface area (Å²) in [5, 5.41) is 3.38. The van der Waals surface area contributed by atoms with Crippen molar-refractivity contribution < 1.29 is 26.8 Å².